The molecule has 1 aliphatic heterocycles. The van der Waals surface area contributed by atoms with Crippen molar-refractivity contribution in [2.45, 2.75) is 70.2 Å². The van der Waals surface area contributed by atoms with Crippen LogP contribution in [0, 0.1) is 26.7 Å². The molecule has 1 saturated heterocycles. The smallest absolute Gasteiger partial charge is 0.248 e. The van der Waals surface area contributed by atoms with Crippen LogP contribution in [0.15, 0.2) is 27.6 Å². The first-order chi connectivity index (χ1) is 15.8. The average molecular weight is 472 g/mol. The van der Waals surface area contributed by atoms with Crippen molar-refractivity contribution in [1.29, 1.82) is 0 Å². The van der Waals surface area contributed by atoms with E-state index in [1.54, 1.807) is 13.0 Å². The molecular formula is C25H33N3O4S. The molecule has 2 aromatic rings. The Balaban J connectivity index is 1.54. The number of piperidine rings is 1. The highest BCUT2D eigenvalue weighted by atomic mass is 32.2. The van der Waals surface area contributed by atoms with Gasteiger partial charge in [-0.05, 0) is 63.7 Å². The Bertz CT molecular complexity index is 1150. The van der Waals surface area contributed by atoms with E-state index >= 15 is 0 Å². The van der Waals surface area contributed by atoms with Crippen LogP contribution in [0.2, 0.25) is 0 Å². The van der Waals surface area contributed by atoms with Gasteiger partial charge in [-0.15, -0.1) is 0 Å². The van der Waals surface area contributed by atoms with E-state index in [1.165, 1.54) is 4.31 Å². The summed E-state index contributed by atoms with van der Waals surface area (Å²) in [7, 11) is -3.85. The maximum atomic E-state index is 13.6. The molecule has 0 spiro atoms. The summed E-state index contributed by atoms with van der Waals surface area (Å²) in [5.74, 6) is -0.145. The van der Waals surface area contributed by atoms with Crippen LogP contribution in [-0.4, -0.2) is 42.9 Å². The molecule has 1 saturated carbocycles. The molecule has 1 N–H and O–H groups in total. The normalized spacial score (nSPS) is 20.5. The summed E-state index contributed by atoms with van der Waals surface area (Å²) < 4.78 is 34.0. The molecular weight excluding hydrogens is 438 g/mol. The van der Waals surface area contributed by atoms with Crippen molar-refractivity contribution in [2.24, 2.45) is 5.92 Å². The third-order valence-electron chi connectivity index (χ3n) is 6.74. The number of hydrogen-bond acceptors (Lipinski definition) is 5. The SMILES string of the molecule is Cc1ccc(C)c(/C=C/c2onc(C)c2S(=O)(=O)N2CCC[C@H](C(=O)NC3CCCC3)C2)c1. The number of amides is 1. The third-order valence-corrected chi connectivity index (χ3v) is 8.76. The van der Waals surface area contributed by atoms with Crippen LogP contribution in [0.3, 0.4) is 0 Å². The lowest BCUT2D eigenvalue weighted by Gasteiger charge is -2.31. The highest BCUT2D eigenvalue weighted by Crippen LogP contribution is 2.30. The zero-order valence-corrected chi connectivity index (χ0v) is 20.5. The molecule has 2 aliphatic rings. The summed E-state index contributed by atoms with van der Waals surface area (Å²) in [5, 5.41) is 7.07. The maximum absolute atomic E-state index is 13.6. The van der Waals surface area contributed by atoms with Gasteiger partial charge in [0.25, 0.3) is 0 Å². The summed E-state index contributed by atoms with van der Waals surface area (Å²) in [4.78, 5) is 12.9. The molecule has 0 radical (unpaired) electrons. The number of nitrogens with zero attached hydrogens (tertiary/aromatic N) is 2. The van der Waals surface area contributed by atoms with Crippen LogP contribution in [-0.2, 0) is 14.8 Å². The molecule has 4 rings (SSSR count). The minimum atomic E-state index is -3.85. The van der Waals surface area contributed by atoms with Gasteiger partial charge in [0, 0.05) is 19.1 Å². The van der Waals surface area contributed by atoms with Crippen molar-refractivity contribution in [3.8, 4) is 0 Å². The summed E-state index contributed by atoms with van der Waals surface area (Å²) in [6.45, 7) is 6.24. The molecule has 0 bridgehead atoms. The first-order valence-corrected chi connectivity index (χ1v) is 13.2. The molecule has 0 unspecified atom stereocenters. The molecule has 1 atom stereocenters. The molecule has 1 aromatic carbocycles. The lowest BCUT2D eigenvalue weighted by atomic mass is 9.98. The van der Waals surface area contributed by atoms with E-state index in [4.69, 9.17) is 4.52 Å². The van der Waals surface area contributed by atoms with E-state index in [-0.39, 0.29) is 35.1 Å². The van der Waals surface area contributed by atoms with E-state index in [0.29, 0.717) is 25.1 Å². The fourth-order valence-electron chi connectivity index (χ4n) is 4.80. The predicted octanol–water partition coefficient (Wildman–Crippen LogP) is 4.23. The summed E-state index contributed by atoms with van der Waals surface area (Å²) in [5.41, 5.74) is 3.53. The number of carbonyl (C=O) groups excluding carboxylic acids is 1. The number of hydrogen-bond donors (Lipinski definition) is 1. The van der Waals surface area contributed by atoms with Crippen molar-refractivity contribution in [3.63, 3.8) is 0 Å². The molecule has 1 amide bonds. The van der Waals surface area contributed by atoms with E-state index < -0.39 is 10.0 Å². The third kappa shape index (κ3) is 5.22. The first-order valence-electron chi connectivity index (χ1n) is 11.8. The molecule has 8 heteroatoms. The van der Waals surface area contributed by atoms with Gasteiger partial charge in [0.2, 0.25) is 15.9 Å². The summed E-state index contributed by atoms with van der Waals surface area (Å²) in [6, 6.07) is 6.34. The van der Waals surface area contributed by atoms with E-state index in [1.807, 2.05) is 38.1 Å². The van der Waals surface area contributed by atoms with E-state index in [0.717, 1.165) is 42.4 Å². The summed E-state index contributed by atoms with van der Waals surface area (Å²) >= 11 is 0. The predicted molar refractivity (Wildman–Crippen MR) is 128 cm³/mol. The van der Waals surface area contributed by atoms with Gasteiger partial charge in [-0.3, -0.25) is 4.79 Å². The van der Waals surface area contributed by atoms with Gasteiger partial charge in [-0.1, -0.05) is 47.8 Å². The maximum Gasteiger partial charge on any atom is 0.248 e. The quantitative estimate of drug-likeness (QED) is 0.681. The van der Waals surface area contributed by atoms with Gasteiger partial charge in [-0.2, -0.15) is 4.31 Å². The van der Waals surface area contributed by atoms with Crippen LogP contribution < -0.4 is 5.32 Å². The molecule has 2 fully saturated rings. The second-order valence-electron chi connectivity index (χ2n) is 9.35. The number of benzene rings is 1. The standard InChI is InChI=1S/C25H33N3O4S/c1-17-10-11-18(2)20(15-17)12-13-23-24(19(3)27-32-23)33(30,31)28-14-6-7-21(16-28)25(29)26-22-8-4-5-9-22/h10-13,15,21-22H,4-9,14,16H2,1-3H3,(H,26,29)/b13-12+/t21-/m0/s1. The van der Waals surface area contributed by atoms with Gasteiger partial charge in [0.1, 0.15) is 5.69 Å². The molecule has 2 heterocycles. The lowest BCUT2D eigenvalue weighted by Crippen LogP contribution is -2.47. The van der Waals surface area contributed by atoms with Crippen LogP contribution in [0.25, 0.3) is 12.2 Å². The van der Waals surface area contributed by atoms with Crippen molar-refractivity contribution < 1.29 is 17.7 Å². The Morgan fingerprint density at radius 1 is 1.12 bits per heavy atom. The Morgan fingerprint density at radius 3 is 2.64 bits per heavy atom. The fraction of sp³-hybridized carbons (Fsp3) is 0.520. The number of carbonyl (C=O) groups is 1. The van der Waals surface area contributed by atoms with E-state index in [9.17, 15) is 13.2 Å². The summed E-state index contributed by atoms with van der Waals surface area (Å²) in [6.07, 6.45) is 9.18. The van der Waals surface area contributed by atoms with E-state index in [2.05, 4.69) is 10.5 Å². The Labute approximate surface area is 196 Å². The highest BCUT2D eigenvalue weighted by molar-refractivity contribution is 7.89. The number of nitrogens with one attached hydrogen (secondary N) is 1. The minimum absolute atomic E-state index is 0.0288. The number of aryl methyl sites for hydroxylation is 3. The zero-order valence-electron chi connectivity index (χ0n) is 19.6. The molecule has 33 heavy (non-hydrogen) atoms. The number of rotatable bonds is 6. The number of sulfonamides is 1. The van der Waals surface area contributed by atoms with Gasteiger partial charge < -0.3 is 9.84 Å². The molecule has 1 aromatic heterocycles. The molecule has 1 aliphatic carbocycles. The van der Waals surface area contributed by atoms with Crippen molar-refractivity contribution in [1.82, 2.24) is 14.8 Å². The van der Waals surface area contributed by atoms with Crippen molar-refractivity contribution in [3.05, 3.63) is 46.3 Å². The molecule has 178 valence electrons. The second-order valence-corrected chi connectivity index (χ2v) is 11.2. The topological polar surface area (TPSA) is 92.5 Å². The van der Waals surface area contributed by atoms with Gasteiger partial charge in [0.15, 0.2) is 10.7 Å². The monoisotopic (exact) mass is 471 g/mol. The number of aromatic nitrogens is 1. The van der Waals surface area contributed by atoms with Crippen molar-refractivity contribution in [2.75, 3.05) is 13.1 Å². The van der Waals surface area contributed by atoms with Crippen LogP contribution in [0.5, 0.6) is 0 Å². The first kappa shape index (κ1) is 23.7. The zero-order chi connectivity index (χ0) is 23.6. The van der Waals surface area contributed by atoms with Crippen LogP contribution in [0.1, 0.15) is 66.7 Å². The Kier molecular flexibility index (Phi) is 7.05. The largest absolute Gasteiger partial charge is 0.355 e. The van der Waals surface area contributed by atoms with Crippen LogP contribution >= 0.6 is 0 Å². The average Bonchev–Trinajstić information content (AvgIpc) is 3.44. The van der Waals surface area contributed by atoms with Crippen molar-refractivity contribution >= 4 is 28.1 Å². The fourth-order valence-corrected chi connectivity index (χ4v) is 6.57. The Morgan fingerprint density at radius 2 is 1.88 bits per heavy atom. The van der Waals surface area contributed by atoms with Gasteiger partial charge >= 0.3 is 0 Å². The Hall–Kier alpha value is -2.45. The second kappa shape index (κ2) is 9.81. The van der Waals surface area contributed by atoms with Gasteiger partial charge in [-0.25, -0.2) is 8.42 Å². The lowest BCUT2D eigenvalue weighted by molar-refractivity contribution is -0.126. The van der Waals surface area contributed by atoms with Crippen LogP contribution in [0.4, 0.5) is 0 Å². The highest BCUT2D eigenvalue weighted by Gasteiger charge is 2.37. The minimum Gasteiger partial charge on any atom is -0.355 e. The molecule has 7 nitrogen and oxygen atoms in total. The van der Waals surface area contributed by atoms with Gasteiger partial charge in [0.05, 0.1) is 5.92 Å².